The van der Waals surface area contributed by atoms with Crippen molar-refractivity contribution in [3.63, 3.8) is 0 Å². The molecule has 1 heterocycles. The van der Waals surface area contributed by atoms with Gasteiger partial charge >= 0.3 is 6.09 Å². The zero-order valence-electron chi connectivity index (χ0n) is 13.6. The largest absolute Gasteiger partial charge is 0.505 e. The van der Waals surface area contributed by atoms with Gasteiger partial charge in [0, 0.05) is 11.4 Å². The van der Waals surface area contributed by atoms with Crippen molar-refractivity contribution in [1.29, 1.82) is 0 Å². The summed E-state index contributed by atoms with van der Waals surface area (Å²) in [5.74, 6) is -1.16. The Labute approximate surface area is 143 Å². The number of rotatable bonds is 5. The summed E-state index contributed by atoms with van der Waals surface area (Å²) < 4.78 is 20.7. The first kappa shape index (κ1) is 16.8. The molecule has 0 bridgehead atoms. The van der Waals surface area contributed by atoms with E-state index in [4.69, 9.17) is 4.74 Å². The van der Waals surface area contributed by atoms with Gasteiger partial charge in [-0.15, -0.1) is 0 Å². The fourth-order valence-electron chi connectivity index (χ4n) is 2.53. The third-order valence-electron chi connectivity index (χ3n) is 3.75. The molecule has 0 unspecified atom stereocenters. The lowest BCUT2D eigenvalue weighted by Gasteiger charge is -2.15. The van der Waals surface area contributed by atoms with E-state index in [0.29, 0.717) is 5.39 Å². The molecule has 1 amide bonds. The van der Waals surface area contributed by atoms with Crippen LogP contribution in [-0.2, 0) is 17.9 Å². The Morgan fingerprint density at radius 2 is 2.08 bits per heavy atom. The van der Waals surface area contributed by atoms with Crippen molar-refractivity contribution in [3.8, 4) is 5.75 Å². The molecule has 0 fully saturated rings. The van der Waals surface area contributed by atoms with Crippen LogP contribution in [-0.4, -0.2) is 27.0 Å². The number of nitrogens with one attached hydrogen (secondary N) is 1. The number of carbonyl (C=O) groups excluding carboxylic acids is 1. The molecule has 0 spiro atoms. The number of aromatic hydroxyl groups is 1. The number of carbonyl (C=O) groups is 1. The van der Waals surface area contributed by atoms with E-state index in [1.54, 1.807) is 13.0 Å². The van der Waals surface area contributed by atoms with Crippen LogP contribution in [0.5, 0.6) is 5.75 Å². The molecule has 130 valence electrons. The molecule has 0 saturated carbocycles. The number of phenolic OH excluding ortho intramolecular Hbond substituents is 1. The number of alkyl carbamates (subject to hydrolysis) is 1. The van der Waals surface area contributed by atoms with E-state index in [-0.39, 0.29) is 24.7 Å². The SMILES string of the molecule is C[C@@H](Cn1ncc2ccc(O)c(F)c21)NC(=O)OCc1ccccc1. The second-order valence-electron chi connectivity index (χ2n) is 5.77. The van der Waals surface area contributed by atoms with E-state index >= 15 is 0 Å². The molecule has 2 N–H and O–H groups in total. The fourth-order valence-corrected chi connectivity index (χ4v) is 2.53. The highest BCUT2D eigenvalue weighted by molar-refractivity contribution is 5.80. The Morgan fingerprint density at radius 1 is 1.32 bits per heavy atom. The third-order valence-corrected chi connectivity index (χ3v) is 3.75. The van der Waals surface area contributed by atoms with Crippen LogP contribution in [0.1, 0.15) is 12.5 Å². The summed E-state index contributed by atoms with van der Waals surface area (Å²) in [7, 11) is 0. The molecule has 25 heavy (non-hydrogen) atoms. The number of fused-ring (bicyclic) bond motifs is 1. The summed E-state index contributed by atoms with van der Waals surface area (Å²) in [6.45, 7) is 2.18. The number of ether oxygens (including phenoxy) is 1. The quantitative estimate of drug-likeness (QED) is 0.746. The molecule has 1 aromatic heterocycles. The van der Waals surface area contributed by atoms with Crippen LogP contribution in [0.25, 0.3) is 10.9 Å². The van der Waals surface area contributed by atoms with Crippen molar-refractivity contribution < 1.29 is 19.0 Å². The number of hydrogen-bond donors (Lipinski definition) is 2. The molecule has 6 nitrogen and oxygen atoms in total. The Bertz CT molecular complexity index is 880. The third kappa shape index (κ3) is 3.88. The molecular formula is C18H18FN3O3. The molecule has 0 saturated heterocycles. The maximum atomic E-state index is 14.1. The first-order chi connectivity index (χ1) is 12.0. The highest BCUT2D eigenvalue weighted by Crippen LogP contribution is 2.25. The van der Waals surface area contributed by atoms with E-state index in [2.05, 4.69) is 10.4 Å². The topological polar surface area (TPSA) is 76.4 Å². The molecule has 3 aromatic rings. The summed E-state index contributed by atoms with van der Waals surface area (Å²) in [5, 5.41) is 16.9. The number of phenols is 1. The first-order valence-electron chi connectivity index (χ1n) is 7.85. The van der Waals surface area contributed by atoms with Gasteiger partial charge in [0.25, 0.3) is 0 Å². The summed E-state index contributed by atoms with van der Waals surface area (Å²) in [5.41, 5.74) is 1.09. The Hall–Kier alpha value is -3.09. The minimum atomic E-state index is -0.728. The van der Waals surface area contributed by atoms with Crippen molar-refractivity contribution in [3.05, 3.63) is 60.0 Å². The number of benzene rings is 2. The molecule has 0 aliphatic carbocycles. The molecular weight excluding hydrogens is 325 g/mol. The number of aromatic nitrogens is 2. The van der Waals surface area contributed by atoms with Gasteiger partial charge in [-0.2, -0.15) is 5.10 Å². The Morgan fingerprint density at radius 3 is 2.84 bits per heavy atom. The molecule has 0 aliphatic heterocycles. The molecule has 2 aromatic carbocycles. The van der Waals surface area contributed by atoms with Gasteiger partial charge in [0.1, 0.15) is 12.1 Å². The zero-order valence-corrected chi connectivity index (χ0v) is 13.6. The monoisotopic (exact) mass is 343 g/mol. The van der Waals surface area contributed by atoms with Gasteiger partial charge in [-0.3, -0.25) is 4.68 Å². The van der Waals surface area contributed by atoms with Gasteiger partial charge < -0.3 is 15.2 Å². The molecule has 0 radical (unpaired) electrons. The maximum Gasteiger partial charge on any atom is 0.407 e. The molecule has 7 heteroatoms. The number of nitrogens with zero attached hydrogens (tertiary/aromatic N) is 2. The van der Waals surface area contributed by atoms with Gasteiger partial charge in [-0.25, -0.2) is 9.18 Å². The smallest absolute Gasteiger partial charge is 0.407 e. The van der Waals surface area contributed by atoms with Gasteiger partial charge in [-0.1, -0.05) is 30.3 Å². The van der Waals surface area contributed by atoms with Crippen LogP contribution in [0.15, 0.2) is 48.7 Å². The predicted octanol–water partition coefficient (Wildman–Crippen LogP) is 3.20. The van der Waals surface area contributed by atoms with Crippen molar-refractivity contribution in [2.45, 2.75) is 26.1 Å². The van der Waals surface area contributed by atoms with Gasteiger partial charge in [0.15, 0.2) is 11.6 Å². The Kier molecular flexibility index (Phi) is 4.83. The summed E-state index contributed by atoms with van der Waals surface area (Å²) in [4.78, 5) is 11.9. The molecule has 0 aliphatic rings. The summed E-state index contributed by atoms with van der Waals surface area (Å²) in [6.07, 6.45) is 0.953. The molecule has 3 rings (SSSR count). The van der Waals surface area contributed by atoms with E-state index in [1.807, 2.05) is 30.3 Å². The fraction of sp³-hybridized carbons (Fsp3) is 0.222. The number of amides is 1. The first-order valence-corrected chi connectivity index (χ1v) is 7.85. The maximum absolute atomic E-state index is 14.1. The average Bonchev–Trinajstić information content (AvgIpc) is 3.00. The van der Waals surface area contributed by atoms with Crippen LogP contribution in [0.3, 0.4) is 0 Å². The van der Waals surface area contributed by atoms with E-state index in [1.165, 1.54) is 16.9 Å². The normalized spacial score (nSPS) is 12.1. The van der Waals surface area contributed by atoms with E-state index < -0.39 is 17.7 Å². The predicted molar refractivity (Wildman–Crippen MR) is 90.6 cm³/mol. The zero-order chi connectivity index (χ0) is 17.8. The summed E-state index contributed by atoms with van der Waals surface area (Å²) in [6, 6.07) is 11.9. The van der Waals surface area contributed by atoms with Crippen LogP contribution in [0.4, 0.5) is 9.18 Å². The van der Waals surface area contributed by atoms with Gasteiger partial charge in [-0.05, 0) is 24.6 Å². The van der Waals surface area contributed by atoms with Crippen molar-refractivity contribution in [2.75, 3.05) is 0 Å². The lowest BCUT2D eigenvalue weighted by atomic mass is 10.2. The van der Waals surface area contributed by atoms with Crippen molar-refractivity contribution >= 4 is 17.0 Å². The minimum Gasteiger partial charge on any atom is -0.505 e. The highest BCUT2D eigenvalue weighted by Gasteiger charge is 2.15. The second kappa shape index (κ2) is 7.21. The minimum absolute atomic E-state index is 0.173. The van der Waals surface area contributed by atoms with Crippen molar-refractivity contribution in [1.82, 2.24) is 15.1 Å². The van der Waals surface area contributed by atoms with Crippen LogP contribution < -0.4 is 5.32 Å². The lowest BCUT2D eigenvalue weighted by Crippen LogP contribution is -2.36. The Balaban J connectivity index is 1.60. The van der Waals surface area contributed by atoms with Gasteiger partial charge in [0.05, 0.1) is 12.7 Å². The van der Waals surface area contributed by atoms with E-state index in [0.717, 1.165) is 5.56 Å². The second-order valence-corrected chi connectivity index (χ2v) is 5.77. The van der Waals surface area contributed by atoms with Crippen LogP contribution in [0.2, 0.25) is 0 Å². The van der Waals surface area contributed by atoms with Crippen LogP contribution >= 0.6 is 0 Å². The lowest BCUT2D eigenvalue weighted by molar-refractivity contribution is 0.135. The van der Waals surface area contributed by atoms with E-state index in [9.17, 15) is 14.3 Å². The highest BCUT2D eigenvalue weighted by atomic mass is 19.1. The number of halogens is 1. The number of hydrogen-bond acceptors (Lipinski definition) is 4. The summed E-state index contributed by atoms with van der Waals surface area (Å²) >= 11 is 0. The van der Waals surface area contributed by atoms with Gasteiger partial charge in [0.2, 0.25) is 0 Å². The average molecular weight is 343 g/mol. The van der Waals surface area contributed by atoms with Crippen LogP contribution in [0, 0.1) is 5.82 Å². The molecule has 1 atom stereocenters. The van der Waals surface area contributed by atoms with Crippen molar-refractivity contribution in [2.24, 2.45) is 0 Å². The standard InChI is InChI=1S/C18H18FN3O3/c1-12(21-18(24)25-11-13-5-3-2-4-6-13)10-22-17-14(9-20-22)7-8-15(23)16(17)19/h2-9,12,23H,10-11H2,1H3,(H,21,24)/t12-/m0/s1.